The Balaban J connectivity index is 1.78. The summed E-state index contributed by atoms with van der Waals surface area (Å²) in [5, 5.41) is 0.726. The lowest BCUT2D eigenvalue weighted by Crippen LogP contribution is -2.41. The molecule has 0 aromatic carbocycles. The molecule has 0 heterocycles. The molecule has 0 aliphatic heterocycles. The first kappa shape index (κ1) is 12.8. The van der Waals surface area contributed by atoms with Gasteiger partial charge in [-0.15, -0.1) is 0 Å². The molecular weight excluding hydrogens is 214 g/mol. The van der Waals surface area contributed by atoms with Gasteiger partial charge >= 0.3 is 0 Å². The van der Waals surface area contributed by atoms with E-state index >= 15 is 0 Å². The van der Waals surface area contributed by atoms with Gasteiger partial charge in [-0.25, -0.2) is 0 Å². The standard InChI is InChI=1S/C14H27NS/c1-14(2)8-7-12(15)13(9-14)16-10-11-5-3-4-6-11/h11-13H,3-10,15H2,1-2H3. The monoisotopic (exact) mass is 241 g/mol. The van der Waals surface area contributed by atoms with Crippen molar-refractivity contribution in [2.45, 2.75) is 70.1 Å². The third kappa shape index (κ3) is 3.40. The predicted octanol–water partition coefficient (Wildman–Crippen LogP) is 3.82. The van der Waals surface area contributed by atoms with Crippen LogP contribution in [0.3, 0.4) is 0 Å². The molecule has 0 spiro atoms. The SMILES string of the molecule is CC1(C)CCC(N)C(SCC2CCCC2)C1. The van der Waals surface area contributed by atoms with Crippen molar-refractivity contribution < 1.29 is 0 Å². The van der Waals surface area contributed by atoms with Gasteiger partial charge in [0.2, 0.25) is 0 Å². The van der Waals surface area contributed by atoms with Crippen LogP contribution in [0.15, 0.2) is 0 Å². The van der Waals surface area contributed by atoms with Crippen molar-refractivity contribution in [1.29, 1.82) is 0 Å². The fourth-order valence-corrected chi connectivity index (χ4v) is 4.97. The van der Waals surface area contributed by atoms with Crippen LogP contribution in [-0.4, -0.2) is 17.0 Å². The Labute approximate surface area is 105 Å². The minimum Gasteiger partial charge on any atom is -0.327 e. The minimum atomic E-state index is 0.458. The summed E-state index contributed by atoms with van der Waals surface area (Å²) < 4.78 is 0. The molecule has 0 aromatic rings. The molecule has 2 fully saturated rings. The highest BCUT2D eigenvalue weighted by molar-refractivity contribution is 7.99. The number of hydrogen-bond donors (Lipinski definition) is 1. The van der Waals surface area contributed by atoms with Gasteiger partial charge < -0.3 is 5.73 Å². The van der Waals surface area contributed by atoms with E-state index in [0.717, 1.165) is 11.2 Å². The zero-order chi connectivity index (χ0) is 11.6. The molecule has 2 aliphatic rings. The maximum atomic E-state index is 6.26. The zero-order valence-electron chi connectivity index (χ0n) is 10.9. The average Bonchev–Trinajstić information content (AvgIpc) is 2.72. The lowest BCUT2D eigenvalue weighted by atomic mass is 9.75. The van der Waals surface area contributed by atoms with E-state index in [1.165, 1.54) is 50.7 Å². The van der Waals surface area contributed by atoms with Gasteiger partial charge in [0.25, 0.3) is 0 Å². The lowest BCUT2D eigenvalue weighted by molar-refractivity contribution is 0.232. The molecule has 0 radical (unpaired) electrons. The molecule has 0 amide bonds. The highest BCUT2D eigenvalue weighted by Gasteiger charge is 2.33. The van der Waals surface area contributed by atoms with Crippen LogP contribution in [0.25, 0.3) is 0 Å². The summed E-state index contributed by atoms with van der Waals surface area (Å²) in [6, 6.07) is 0.458. The Morgan fingerprint density at radius 3 is 2.56 bits per heavy atom. The van der Waals surface area contributed by atoms with E-state index in [-0.39, 0.29) is 0 Å². The van der Waals surface area contributed by atoms with Crippen molar-refractivity contribution in [2.75, 3.05) is 5.75 Å². The zero-order valence-corrected chi connectivity index (χ0v) is 11.7. The summed E-state index contributed by atoms with van der Waals surface area (Å²) >= 11 is 2.18. The van der Waals surface area contributed by atoms with Crippen LogP contribution in [-0.2, 0) is 0 Å². The quantitative estimate of drug-likeness (QED) is 0.813. The summed E-state index contributed by atoms with van der Waals surface area (Å²) in [5.41, 5.74) is 6.79. The van der Waals surface area contributed by atoms with Crippen LogP contribution >= 0.6 is 11.8 Å². The van der Waals surface area contributed by atoms with Crippen LogP contribution in [0, 0.1) is 11.3 Å². The molecule has 0 saturated heterocycles. The Bertz CT molecular complexity index is 221. The molecule has 2 rings (SSSR count). The van der Waals surface area contributed by atoms with Gasteiger partial charge in [-0.2, -0.15) is 11.8 Å². The van der Waals surface area contributed by atoms with Crippen LogP contribution in [0.4, 0.5) is 0 Å². The van der Waals surface area contributed by atoms with Gasteiger partial charge in [-0.05, 0) is 49.2 Å². The van der Waals surface area contributed by atoms with E-state index in [1.54, 1.807) is 0 Å². The minimum absolute atomic E-state index is 0.458. The van der Waals surface area contributed by atoms with Gasteiger partial charge in [0.1, 0.15) is 0 Å². The molecule has 2 atom stereocenters. The van der Waals surface area contributed by atoms with E-state index < -0.39 is 0 Å². The van der Waals surface area contributed by atoms with Gasteiger partial charge in [0.05, 0.1) is 0 Å². The second-order valence-corrected chi connectivity index (χ2v) is 7.87. The Kier molecular flexibility index (Phi) is 4.23. The first-order chi connectivity index (χ1) is 7.57. The van der Waals surface area contributed by atoms with Crippen LogP contribution < -0.4 is 5.73 Å². The van der Waals surface area contributed by atoms with Crippen molar-refractivity contribution in [3.05, 3.63) is 0 Å². The molecule has 2 aliphatic carbocycles. The molecule has 16 heavy (non-hydrogen) atoms. The van der Waals surface area contributed by atoms with E-state index in [2.05, 4.69) is 25.6 Å². The number of hydrogen-bond acceptors (Lipinski definition) is 2. The van der Waals surface area contributed by atoms with Crippen LogP contribution in [0.2, 0.25) is 0 Å². The largest absolute Gasteiger partial charge is 0.327 e. The van der Waals surface area contributed by atoms with E-state index in [9.17, 15) is 0 Å². The summed E-state index contributed by atoms with van der Waals surface area (Å²) in [4.78, 5) is 0. The molecule has 2 saturated carbocycles. The van der Waals surface area contributed by atoms with E-state index in [4.69, 9.17) is 5.73 Å². The summed E-state index contributed by atoms with van der Waals surface area (Å²) in [6.07, 6.45) is 9.74. The van der Waals surface area contributed by atoms with Gasteiger partial charge in [0.15, 0.2) is 0 Å². The molecule has 1 nitrogen and oxygen atoms in total. The maximum Gasteiger partial charge on any atom is 0.0204 e. The Hall–Kier alpha value is 0.310. The van der Waals surface area contributed by atoms with Crippen molar-refractivity contribution in [3.8, 4) is 0 Å². The topological polar surface area (TPSA) is 26.0 Å². The summed E-state index contributed by atoms with van der Waals surface area (Å²) in [5.74, 6) is 2.37. The fraction of sp³-hybridized carbons (Fsp3) is 1.00. The first-order valence-electron chi connectivity index (χ1n) is 6.94. The molecule has 2 N–H and O–H groups in total. The van der Waals surface area contributed by atoms with E-state index in [0.29, 0.717) is 11.5 Å². The van der Waals surface area contributed by atoms with Crippen LogP contribution in [0.1, 0.15) is 58.8 Å². The molecule has 94 valence electrons. The van der Waals surface area contributed by atoms with Crippen LogP contribution in [0.5, 0.6) is 0 Å². The summed E-state index contributed by atoms with van der Waals surface area (Å²) in [7, 11) is 0. The average molecular weight is 241 g/mol. The number of rotatable bonds is 3. The third-order valence-electron chi connectivity index (χ3n) is 4.41. The van der Waals surface area contributed by atoms with E-state index in [1.807, 2.05) is 0 Å². The number of nitrogens with two attached hydrogens (primary N) is 1. The second kappa shape index (κ2) is 5.30. The molecule has 0 aromatic heterocycles. The molecule has 2 heteroatoms. The Morgan fingerprint density at radius 2 is 1.88 bits per heavy atom. The Morgan fingerprint density at radius 1 is 1.19 bits per heavy atom. The maximum absolute atomic E-state index is 6.26. The second-order valence-electron chi connectivity index (χ2n) is 6.59. The molecular formula is C14H27NS. The highest BCUT2D eigenvalue weighted by atomic mass is 32.2. The van der Waals surface area contributed by atoms with Crippen molar-refractivity contribution in [1.82, 2.24) is 0 Å². The van der Waals surface area contributed by atoms with Crippen molar-refractivity contribution in [3.63, 3.8) is 0 Å². The fourth-order valence-electron chi connectivity index (χ4n) is 3.16. The smallest absolute Gasteiger partial charge is 0.0204 e. The normalized spacial score (nSPS) is 35.4. The first-order valence-corrected chi connectivity index (χ1v) is 7.99. The predicted molar refractivity (Wildman–Crippen MR) is 73.8 cm³/mol. The number of thioether (sulfide) groups is 1. The third-order valence-corrected chi connectivity index (χ3v) is 6.01. The van der Waals surface area contributed by atoms with Gasteiger partial charge in [-0.1, -0.05) is 26.7 Å². The summed E-state index contributed by atoms with van der Waals surface area (Å²) in [6.45, 7) is 4.81. The lowest BCUT2D eigenvalue weighted by Gasteiger charge is -2.39. The highest BCUT2D eigenvalue weighted by Crippen LogP contribution is 2.41. The van der Waals surface area contributed by atoms with Crippen molar-refractivity contribution in [2.24, 2.45) is 17.1 Å². The van der Waals surface area contributed by atoms with Gasteiger partial charge in [-0.3, -0.25) is 0 Å². The van der Waals surface area contributed by atoms with Gasteiger partial charge in [0, 0.05) is 11.3 Å². The molecule has 0 bridgehead atoms. The van der Waals surface area contributed by atoms with Crippen molar-refractivity contribution >= 4 is 11.8 Å². The molecule has 2 unspecified atom stereocenters.